The van der Waals surface area contributed by atoms with Crippen LogP contribution < -0.4 is 0 Å². The number of aryl methyl sites for hydroxylation is 1. The molecule has 2 aromatic rings. The Morgan fingerprint density at radius 2 is 2.26 bits per heavy atom. The van der Waals surface area contributed by atoms with Crippen LogP contribution in [-0.2, 0) is 18.3 Å². The normalized spacial score (nSPS) is 18.6. The number of aromatic amines is 1. The largest absolute Gasteiger partial charge is 0.332 e. The van der Waals surface area contributed by atoms with Gasteiger partial charge < -0.3 is 4.90 Å². The molecule has 0 bridgehead atoms. The molecule has 0 aromatic carbocycles. The molecule has 0 aliphatic carbocycles. The number of likely N-dealkylation sites (tertiary alicyclic amines) is 1. The fraction of sp³-hybridized carbons (Fsp3) is 0.625. The third-order valence-corrected chi connectivity index (χ3v) is 4.43. The number of nitrogens with one attached hydrogen (secondary N) is 1. The molecule has 7 heteroatoms. The quantitative estimate of drug-likeness (QED) is 0.935. The first-order valence-corrected chi connectivity index (χ1v) is 8.25. The highest BCUT2D eigenvalue weighted by Gasteiger charge is 2.30. The molecule has 23 heavy (non-hydrogen) atoms. The van der Waals surface area contributed by atoms with Crippen LogP contribution in [0.1, 0.15) is 62.4 Å². The number of carbonyl (C=O) groups is 1. The molecule has 1 saturated heterocycles. The lowest BCUT2D eigenvalue weighted by atomic mass is 10.0. The summed E-state index contributed by atoms with van der Waals surface area (Å²) < 4.78 is 1.75. The molecule has 1 N–H and O–H groups in total. The first kappa shape index (κ1) is 15.7. The zero-order valence-corrected chi connectivity index (χ0v) is 14.0. The fourth-order valence-corrected chi connectivity index (χ4v) is 3.04. The predicted molar refractivity (Wildman–Crippen MR) is 85.7 cm³/mol. The van der Waals surface area contributed by atoms with Crippen molar-refractivity contribution >= 4 is 5.91 Å². The van der Waals surface area contributed by atoms with Crippen molar-refractivity contribution in [3.8, 4) is 0 Å². The van der Waals surface area contributed by atoms with Crippen LogP contribution in [0.4, 0.5) is 0 Å². The molecule has 1 amide bonds. The molecule has 1 aliphatic rings. The Labute approximate surface area is 136 Å². The minimum atomic E-state index is 0.00415. The number of H-pyrrole nitrogens is 1. The van der Waals surface area contributed by atoms with E-state index in [2.05, 4.69) is 34.1 Å². The zero-order valence-electron chi connectivity index (χ0n) is 14.0. The average Bonchev–Trinajstić information content (AvgIpc) is 3.17. The maximum Gasteiger partial charge on any atom is 0.229 e. The van der Waals surface area contributed by atoms with Crippen LogP contribution in [0.15, 0.2) is 12.3 Å². The minimum absolute atomic E-state index is 0.00415. The van der Waals surface area contributed by atoms with Crippen molar-refractivity contribution in [1.29, 1.82) is 0 Å². The Balaban J connectivity index is 1.77. The Morgan fingerprint density at radius 3 is 2.91 bits per heavy atom. The summed E-state index contributed by atoms with van der Waals surface area (Å²) in [4.78, 5) is 19.3. The van der Waals surface area contributed by atoms with Gasteiger partial charge in [0.2, 0.25) is 5.91 Å². The van der Waals surface area contributed by atoms with Crippen molar-refractivity contribution in [2.75, 3.05) is 6.54 Å². The van der Waals surface area contributed by atoms with Gasteiger partial charge in [-0.2, -0.15) is 10.2 Å². The van der Waals surface area contributed by atoms with Crippen molar-refractivity contribution in [2.24, 2.45) is 7.05 Å². The molecule has 0 radical (unpaired) electrons. The summed E-state index contributed by atoms with van der Waals surface area (Å²) in [5.41, 5.74) is 0.930. The van der Waals surface area contributed by atoms with E-state index in [0.717, 1.165) is 43.1 Å². The molecular weight excluding hydrogens is 292 g/mol. The van der Waals surface area contributed by atoms with Gasteiger partial charge in [0.1, 0.15) is 5.82 Å². The molecule has 124 valence electrons. The van der Waals surface area contributed by atoms with E-state index in [4.69, 9.17) is 0 Å². The summed E-state index contributed by atoms with van der Waals surface area (Å²) in [7, 11) is 1.86. The molecule has 1 aliphatic heterocycles. The molecule has 3 rings (SSSR count). The van der Waals surface area contributed by atoms with E-state index in [1.165, 1.54) is 0 Å². The summed E-state index contributed by atoms with van der Waals surface area (Å²) >= 11 is 0. The first-order valence-electron chi connectivity index (χ1n) is 8.25. The lowest BCUT2D eigenvalue weighted by Gasteiger charge is -2.34. The lowest BCUT2D eigenvalue weighted by Crippen LogP contribution is -2.40. The van der Waals surface area contributed by atoms with Crippen molar-refractivity contribution < 1.29 is 4.79 Å². The summed E-state index contributed by atoms with van der Waals surface area (Å²) in [5.74, 6) is 2.03. The van der Waals surface area contributed by atoms with E-state index in [0.29, 0.717) is 6.42 Å². The fourth-order valence-electron chi connectivity index (χ4n) is 3.04. The topological polar surface area (TPSA) is 79.7 Å². The molecule has 3 heterocycles. The van der Waals surface area contributed by atoms with Crippen molar-refractivity contribution in [2.45, 2.75) is 51.5 Å². The van der Waals surface area contributed by atoms with E-state index < -0.39 is 0 Å². The first-order chi connectivity index (χ1) is 11.1. The monoisotopic (exact) mass is 316 g/mol. The second kappa shape index (κ2) is 6.52. The lowest BCUT2D eigenvalue weighted by molar-refractivity contribution is -0.134. The maximum atomic E-state index is 12.8. The molecular formula is C16H24N6O. The van der Waals surface area contributed by atoms with E-state index in [1.807, 2.05) is 18.0 Å². The van der Waals surface area contributed by atoms with Gasteiger partial charge in [0, 0.05) is 31.4 Å². The number of piperidine rings is 1. The molecule has 1 atom stereocenters. The second-order valence-electron chi connectivity index (χ2n) is 6.46. The van der Waals surface area contributed by atoms with Crippen molar-refractivity contribution in [1.82, 2.24) is 29.9 Å². The number of hydrogen-bond donors (Lipinski definition) is 1. The molecule has 1 unspecified atom stereocenters. The molecule has 1 fully saturated rings. The number of hydrogen-bond acceptors (Lipinski definition) is 4. The number of amides is 1. The van der Waals surface area contributed by atoms with Gasteiger partial charge in [0.25, 0.3) is 0 Å². The van der Waals surface area contributed by atoms with Gasteiger partial charge in [-0.05, 0) is 25.3 Å². The molecule has 0 spiro atoms. The summed E-state index contributed by atoms with van der Waals surface area (Å²) in [5, 5.41) is 11.5. The molecule has 2 aromatic heterocycles. The SMILES string of the molecule is CC(C)c1n[nH]c(C2CCCCN2C(=O)Cc2ccnn2C)n1. The van der Waals surface area contributed by atoms with Crippen molar-refractivity contribution in [3.05, 3.63) is 29.6 Å². The van der Waals surface area contributed by atoms with Crippen LogP contribution in [0.25, 0.3) is 0 Å². The van der Waals surface area contributed by atoms with Gasteiger partial charge in [-0.1, -0.05) is 13.8 Å². The zero-order chi connectivity index (χ0) is 16.4. The van der Waals surface area contributed by atoms with Gasteiger partial charge in [0.15, 0.2) is 5.82 Å². The molecule has 7 nitrogen and oxygen atoms in total. The smallest absolute Gasteiger partial charge is 0.229 e. The van der Waals surface area contributed by atoms with Crippen LogP contribution in [0, 0.1) is 0 Å². The van der Waals surface area contributed by atoms with Crippen LogP contribution in [-0.4, -0.2) is 42.3 Å². The van der Waals surface area contributed by atoms with Crippen LogP contribution >= 0.6 is 0 Å². The highest BCUT2D eigenvalue weighted by Crippen LogP contribution is 2.30. The highest BCUT2D eigenvalue weighted by atomic mass is 16.2. The van der Waals surface area contributed by atoms with Gasteiger partial charge in [0.05, 0.1) is 12.5 Å². The standard InChI is InChI=1S/C16H24N6O/c1-11(2)15-18-16(20-19-15)13-6-4-5-9-22(13)14(23)10-12-7-8-17-21(12)3/h7-8,11,13H,4-6,9-10H2,1-3H3,(H,18,19,20). The maximum absolute atomic E-state index is 12.8. The highest BCUT2D eigenvalue weighted by molar-refractivity contribution is 5.78. The number of nitrogens with zero attached hydrogens (tertiary/aromatic N) is 5. The van der Waals surface area contributed by atoms with Crippen LogP contribution in [0.2, 0.25) is 0 Å². The number of aromatic nitrogens is 5. The second-order valence-corrected chi connectivity index (χ2v) is 6.46. The Hall–Kier alpha value is -2.18. The third kappa shape index (κ3) is 3.28. The van der Waals surface area contributed by atoms with E-state index in [9.17, 15) is 4.79 Å². The van der Waals surface area contributed by atoms with Crippen LogP contribution in [0.5, 0.6) is 0 Å². The van der Waals surface area contributed by atoms with E-state index in [-0.39, 0.29) is 17.9 Å². The van der Waals surface area contributed by atoms with Gasteiger partial charge >= 0.3 is 0 Å². The predicted octanol–water partition coefficient (Wildman–Crippen LogP) is 1.96. The van der Waals surface area contributed by atoms with E-state index >= 15 is 0 Å². The average molecular weight is 316 g/mol. The van der Waals surface area contributed by atoms with E-state index in [1.54, 1.807) is 10.9 Å². The van der Waals surface area contributed by atoms with Crippen LogP contribution in [0.3, 0.4) is 0 Å². The van der Waals surface area contributed by atoms with Gasteiger partial charge in [-0.3, -0.25) is 14.6 Å². The summed E-state index contributed by atoms with van der Waals surface area (Å²) in [6.07, 6.45) is 5.18. The number of rotatable bonds is 4. The minimum Gasteiger partial charge on any atom is -0.332 e. The number of carbonyl (C=O) groups excluding carboxylic acids is 1. The molecule has 0 saturated carbocycles. The Morgan fingerprint density at radius 1 is 1.43 bits per heavy atom. The van der Waals surface area contributed by atoms with Gasteiger partial charge in [-0.15, -0.1) is 0 Å². The summed E-state index contributed by atoms with van der Waals surface area (Å²) in [6, 6.07) is 1.90. The Kier molecular flexibility index (Phi) is 4.45. The summed E-state index contributed by atoms with van der Waals surface area (Å²) in [6.45, 7) is 4.91. The third-order valence-electron chi connectivity index (χ3n) is 4.43. The Bertz CT molecular complexity index is 674. The van der Waals surface area contributed by atoms with Crippen molar-refractivity contribution in [3.63, 3.8) is 0 Å². The van der Waals surface area contributed by atoms with Gasteiger partial charge in [-0.25, -0.2) is 4.98 Å².